The number of aromatic nitrogens is 2. The van der Waals surface area contributed by atoms with Crippen LogP contribution in [0.4, 0.5) is 18.9 Å². The van der Waals surface area contributed by atoms with Gasteiger partial charge in [-0.15, -0.1) is 0 Å². The number of carbonyl (C=O) groups excluding carboxylic acids is 1. The highest BCUT2D eigenvalue weighted by molar-refractivity contribution is 5.89. The minimum absolute atomic E-state index is 0.0253. The van der Waals surface area contributed by atoms with Crippen LogP contribution in [0.1, 0.15) is 42.4 Å². The molecule has 0 spiro atoms. The Kier molecular flexibility index (Phi) is 7.36. The average Bonchev–Trinajstić information content (AvgIpc) is 3.63. The van der Waals surface area contributed by atoms with Crippen LogP contribution in [0, 0.1) is 11.3 Å². The average molecular weight is 537 g/mol. The van der Waals surface area contributed by atoms with Gasteiger partial charge in [-0.25, -0.2) is 0 Å². The second kappa shape index (κ2) is 10.7. The molecular formula is C29H31F3N6O. The number of benzene rings is 1. The van der Waals surface area contributed by atoms with Crippen molar-refractivity contribution in [1.29, 1.82) is 5.26 Å². The largest absolute Gasteiger partial charge is 0.416 e. The zero-order valence-electron chi connectivity index (χ0n) is 21.8. The summed E-state index contributed by atoms with van der Waals surface area (Å²) in [7, 11) is 1.95. The molecule has 0 bridgehead atoms. The van der Waals surface area contributed by atoms with Crippen molar-refractivity contribution in [2.45, 2.75) is 43.3 Å². The molecule has 10 heteroatoms. The number of anilines is 1. The second-order valence-electron chi connectivity index (χ2n) is 10.4. The first kappa shape index (κ1) is 26.8. The van der Waals surface area contributed by atoms with Gasteiger partial charge in [0, 0.05) is 45.1 Å². The monoisotopic (exact) mass is 536 g/mol. The van der Waals surface area contributed by atoms with Crippen LogP contribution in [0.3, 0.4) is 0 Å². The molecule has 0 radical (unpaired) electrons. The molecule has 2 aromatic heterocycles. The number of piperidine rings is 1. The van der Waals surface area contributed by atoms with Gasteiger partial charge in [-0.3, -0.25) is 9.78 Å². The summed E-state index contributed by atoms with van der Waals surface area (Å²) >= 11 is 0. The molecule has 2 N–H and O–H groups in total. The highest BCUT2D eigenvalue weighted by Gasteiger charge is 2.44. The van der Waals surface area contributed by atoms with Crippen LogP contribution in [-0.2, 0) is 23.4 Å². The lowest BCUT2D eigenvalue weighted by Crippen LogP contribution is -2.53. The Morgan fingerprint density at radius 2 is 2.03 bits per heavy atom. The number of alkyl halides is 3. The lowest BCUT2D eigenvalue weighted by molar-refractivity contribution is -0.137. The smallest absolute Gasteiger partial charge is 0.370 e. The Hall–Kier alpha value is -3.84. The molecule has 0 unspecified atom stereocenters. The van der Waals surface area contributed by atoms with E-state index in [1.165, 1.54) is 6.07 Å². The molecule has 7 nitrogen and oxygen atoms in total. The van der Waals surface area contributed by atoms with Gasteiger partial charge in [0.2, 0.25) is 5.91 Å². The summed E-state index contributed by atoms with van der Waals surface area (Å²) in [5, 5.41) is 16.1. The van der Waals surface area contributed by atoms with Crippen LogP contribution in [0.5, 0.6) is 0 Å². The third-order valence-electron chi connectivity index (χ3n) is 8.03. The molecule has 1 aromatic carbocycles. The Labute approximate surface area is 225 Å². The van der Waals surface area contributed by atoms with Crippen molar-refractivity contribution in [1.82, 2.24) is 20.2 Å². The van der Waals surface area contributed by atoms with Crippen molar-refractivity contribution < 1.29 is 18.0 Å². The Balaban J connectivity index is 1.41. The number of hydrogen-bond donors (Lipinski definition) is 2. The number of amides is 1. The fourth-order valence-corrected chi connectivity index (χ4v) is 5.73. The van der Waals surface area contributed by atoms with Crippen LogP contribution >= 0.6 is 0 Å². The first-order chi connectivity index (χ1) is 18.7. The lowest BCUT2D eigenvalue weighted by Gasteiger charge is -2.42. The number of pyridine rings is 1. The molecule has 2 aliphatic heterocycles. The molecule has 39 heavy (non-hydrogen) atoms. The summed E-state index contributed by atoms with van der Waals surface area (Å²) in [5.74, 6) is -0.0720. The minimum atomic E-state index is -4.52. The van der Waals surface area contributed by atoms with Crippen molar-refractivity contribution in [3.8, 4) is 17.5 Å². The Bertz CT molecular complexity index is 1360. The van der Waals surface area contributed by atoms with E-state index in [2.05, 4.69) is 15.6 Å². The maximum absolute atomic E-state index is 13.8. The maximum atomic E-state index is 13.8. The predicted molar refractivity (Wildman–Crippen MR) is 142 cm³/mol. The number of aryl methyl sites for hydroxylation is 1. The molecule has 5 rings (SSSR count). The number of nitrogens with one attached hydrogen (secondary N) is 2. The predicted octanol–water partition coefficient (Wildman–Crippen LogP) is 4.38. The fourth-order valence-electron chi connectivity index (χ4n) is 5.73. The topological polar surface area (TPSA) is 86.0 Å². The number of rotatable bonds is 6. The van der Waals surface area contributed by atoms with Crippen LogP contribution in [0.2, 0.25) is 0 Å². The second-order valence-corrected chi connectivity index (χ2v) is 10.4. The van der Waals surface area contributed by atoms with Crippen LogP contribution in [-0.4, -0.2) is 47.7 Å². The highest BCUT2D eigenvalue weighted by atomic mass is 19.4. The molecule has 2 saturated heterocycles. The summed E-state index contributed by atoms with van der Waals surface area (Å²) in [6.45, 7) is 2.31. The van der Waals surface area contributed by atoms with Gasteiger partial charge < -0.3 is 20.1 Å². The molecule has 1 atom stereocenters. The lowest BCUT2D eigenvalue weighted by atomic mass is 9.72. The van der Waals surface area contributed by atoms with Crippen molar-refractivity contribution in [3.05, 3.63) is 71.5 Å². The Morgan fingerprint density at radius 3 is 2.62 bits per heavy atom. The number of nitrogens with zero attached hydrogens (tertiary/aromatic N) is 4. The molecule has 2 fully saturated rings. The van der Waals surface area contributed by atoms with E-state index in [-0.39, 0.29) is 17.5 Å². The SMILES string of the molecule is Cn1cccc1-c1ccc(C2(C(=O)NC[C@H]3CCCN3)CCN(c3ccc(C(F)(F)F)cc3C#N)CC2)cn1. The van der Waals surface area contributed by atoms with Crippen LogP contribution < -0.4 is 15.5 Å². The molecule has 0 aliphatic carbocycles. The third kappa shape index (κ3) is 5.36. The number of nitriles is 1. The molecule has 0 saturated carbocycles. The molecule has 2 aliphatic rings. The summed E-state index contributed by atoms with van der Waals surface area (Å²) in [6, 6.07) is 13.2. The normalized spacial score (nSPS) is 19.1. The van der Waals surface area contributed by atoms with Gasteiger partial charge in [-0.2, -0.15) is 18.4 Å². The van der Waals surface area contributed by atoms with E-state index in [1.807, 2.05) is 53.0 Å². The molecule has 204 valence electrons. The van der Waals surface area contributed by atoms with Crippen molar-refractivity contribution >= 4 is 11.6 Å². The van der Waals surface area contributed by atoms with E-state index in [1.54, 1.807) is 6.20 Å². The zero-order chi connectivity index (χ0) is 27.6. The van der Waals surface area contributed by atoms with E-state index in [0.717, 1.165) is 48.5 Å². The zero-order valence-corrected chi connectivity index (χ0v) is 21.8. The van der Waals surface area contributed by atoms with Gasteiger partial charge >= 0.3 is 6.18 Å². The number of carbonyl (C=O) groups is 1. The molecule has 3 aromatic rings. The summed E-state index contributed by atoms with van der Waals surface area (Å²) in [4.78, 5) is 20.4. The van der Waals surface area contributed by atoms with E-state index in [4.69, 9.17) is 0 Å². The molecular weight excluding hydrogens is 505 g/mol. The van der Waals surface area contributed by atoms with Crippen molar-refractivity contribution in [2.24, 2.45) is 7.05 Å². The van der Waals surface area contributed by atoms with Crippen LogP contribution in [0.15, 0.2) is 54.9 Å². The van der Waals surface area contributed by atoms with Crippen molar-refractivity contribution in [2.75, 3.05) is 31.1 Å². The third-order valence-corrected chi connectivity index (χ3v) is 8.03. The van der Waals surface area contributed by atoms with E-state index in [0.29, 0.717) is 38.2 Å². The maximum Gasteiger partial charge on any atom is 0.416 e. The van der Waals surface area contributed by atoms with Gasteiger partial charge in [0.25, 0.3) is 0 Å². The number of hydrogen-bond acceptors (Lipinski definition) is 5. The van der Waals surface area contributed by atoms with E-state index in [9.17, 15) is 23.2 Å². The standard InChI is InChI=1S/C29H31F3N6O/c1-37-13-3-5-26(37)24-8-6-22(18-35-24)28(27(39)36-19-23-4-2-12-34-23)10-14-38(15-11-28)25-9-7-21(29(30,31)32)16-20(25)17-33/h3,5-9,13,16,18,23,34H,2,4,10-12,14-15,19H2,1H3,(H,36,39)/t23-/m1/s1. The van der Waals surface area contributed by atoms with Crippen LogP contribution in [0.25, 0.3) is 11.4 Å². The van der Waals surface area contributed by atoms with Gasteiger partial charge in [-0.05, 0) is 74.2 Å². The number of halogens is 3. The van der Waals surface area contributed by atoms with E-state index >= 15 is 0 Å². The van der Waals surface area contributed by atoms with Gasteiger partial charge in [0.05, 0.1) is 33.6 Å². The summed E-state index contributed by atoms with van der Waals surface area (Å²) in [6.07, 6.45) is 2.17. The summed E-state index contributed by atoms with van der Waals surface area (Å²) < 4.78 is 41.6. The molecule has 4 heterocycles. The molecule has 1 amide bonds. The van der Waals surface area contributed by atoms with Gasteiger partial charge in [0.1, 0.15) is 6.07 Å². The first-order valence-electron chi connectivity index (χ1n) is 13.2. The summed E-state index contributed by atoms with van der Waals surface area (Å²) in [5.41, 5.74) is 1.32. The van der Waals surface area contributed by atoms with Gasteiger partial charge in [0.15, 0.2) is 0 Å². The highest BCUT2D eigenvalue weighted by Crippen LogP contribution is 2.39. The quantitative estimate of drug-likeness (QED) is 0.488. The fraction of sp³-hybridized carbons (Fsp3) is 0.414. The Morgan fingerprint density at radius 1 is 1.23 bits per heavy atom. The minimum Gasteiger partial charge on any atom is -0.370 e. The van der Waals surface area contributed by atoms with Gasteiger partial charge in [-0.1, -0.05) is 6.07 Å². The van der Waals surface area contributed by atoms with Crippen molar-refractivity contribution in [3.63, 3.8) is 0 Å². The van der Waals surface area contributed by atoms with E-state index < -0.39 is 17.2 Å². The first-order valence-corrected chi connectivity index (χ1v) is 13.2.